The molecule has 0 saturated carbocycles. The van der Waals surface area contributed by atoms with Crippen molar-refractivity contribution in [2.24, 2.45) is 5.92 Å². The van der Waals surface area contributed by atoms with Gasteiger partial charge in [0.2, 0.25) is 0 Å². The fourth-order valence-electron chi connectivity index (χ4n) is 1.49. The number of unbranched alkanes of at least 4 members (excludes halogenated alkanes) is 1. The van der Waals surface area contributed by atoms with Crippen LogP contribution in [-0.4, -0.2) is 0 Å². The number of allylic oxidation sites excluding steroid dienone is 4. The van der Waals surface area contributed by atoms with Crippen molar-refractivity contribution in [1.82, 2.24) is 0 Å². The van der Waals surface area contributed by atoms with Crippen molar-refractivity contribution in [3.63, 3.8) is 0 Å². The van der Waals surface area contributed by atoms with E-state index in [-0.39, 0.29) is 0 Å². The van der Waals surface area contributed by atoms with Gasteiger partial charge in [0, 0.05) is 0 Å². The first-order valence-electron chi connectivity index (χ1n) is 6.10. The average molecular weight is 206 g/mol. The van der Waals surface area contributed by atoms with E-state index in [2.05, 4.69) is 33.1 Å². The highest BCUT2D eigenvalue weighted by atomic mass is 14.0. The summed E-state index contributed by atoms with van der Waals surface area (Å²) < 4.78 is 0. The predicted molar refractivity (Wildman–Crippen MR) is 71.0 cm³/mol. The topological polar surface area (TPSA) is 0 Å². The van der Waals surface area contributed by atoms with Gasteiger partial charge in [0.15, 0.2) is 0 Å². The minimum Gasteiger partial charge on any atom is -0.103 e. The normalized spacial score (nSPS) is 11.8. The van der Waals surface area contributed by atoms with Gasteiger partial charge < -0.3 is 0 Å². The van der Waals surface area contributed by atoms with Crippen molar-refractivity contribution in [3.8, 4) is 0 Å². The zero-order valence-corrected chi connectivity index (χ0v) is 10.5. The van der Waals surface area contributed by atoms with Gasteiger partial charge >= 0.3 is 0 Å². The largest absolute Gasteiger partial charge is 0.103 e. The predicted octanol–water partition coefficient (Wildman–Crippen LogP) is 5.28. The fraction of sp³-hybridized carbons (Fsp3) is 0.600. The fourth-order valence-corrected chi connectivity index (χ4v) is 1.49. The maximum Gasteiger partial charge on any atom is -0.0286 e. The first-order chi connectivity index (χ1) is 7.20. The van der Waals surface area contributed by atoms with Crippen molar-refractivity contribution < 1.29 is 0 Å². The average Bonchev–Trinajstić information content (AvgIpc) is 2.21. The second-order valence-electron chi connectivity index (χ2n) is 4.50. The molecular formula is C15H26. The minimum absolute atomic E-state index is 0.767. The minimum atomic E-state index is 0.767. The molecule has 0 heteroatoms. The Hall–Kier alpha value is -0.780. The molecule has 0 unspecified atom stereocenters. The molecule has 0 aromatic rings. The molecule has 0 radical (unpaired) electrons. The summed E-state index contributed by atoms with van der Waals surface area (Å²) in [5, 5.41) is 0. The van der Waals surface area contributed by atoms with Crippen LogP contribution in [-0.2, 0) is 0 Å². The number of hydrogen-bond donors (Lipinski definition) is 0. The Balaban J connectivity index is 3.97. The molecule has 0 aromatic heterocycles. The third-order valence-electron chi connectivity index (χ3n) is 2.45. The van der Waals surface area contributed by atoms with Crippen LogP contribution in [0.2, 0.25) is 0 Å². The summed E-state index contributed by atoms with van der Waals surface area (Å²) >= 11 is 0. The van der Waals surface area contributed by atoms with Crippen LogP contribution in [0.4, 0.5) is 0 Å². The van der Waals surface area contributed by atoms with Crippen LogP contribution < -0.4 is 0 Å². The van der Waals surface area contributed by atoms with Gasteiger partial charge in [-0.1, -0.05) is 37.6 Å². The van der Waals surface area contributed by atoms with E-state index in [1.165, 1.54) is 25.7 Å². The summed E-state index contributed by atoms with van der Waals surface area (Å²) in [6.45, 7) is 12.1. The van der Waals surface area contributed by atoms with E-state index in [4.69, 9.17) is 0 Å². The first-order valence-corrected chi connectivity index (χ1v) is 6.10. The highest BCUT2D eigenvalue weighted by molar-refractivity contribution is 5.03. The van der Waals surface area contributed by atoms with Crippen molar-refractivity contribution in [2.75, 3.05) is 0 Å². The highest BCUT2D eigenvalue weighted by Gasteiger charge is 1.97. The van der Waals surface area contributed by atoms with E-state index in [0.717, 1.165) is 18.8 Å². The van der Waals surface area contributed by atoms with Crippen LogP contribution in [0.25, 0.3) is 0 Å². The molecule has 0 heterocycles. The molecule has 0 spiro atoms. The van der Waals surface area contributed by atoms with Crippen LogP contribution in [0.3, 0.4) is 0 Å². The molecule has 0 N–H and O–H groups in total. The zero-order chi connectivity index (χ0) is 11.5. The summed E-state index contributed by atoms with van der Waals surface area (Å²) in [4.78, 5) is 0. The summed E-state index contributed by atoms with van der Waals surface area (Å²) in [5.41, 5.74) is 1.60. The molecule has 0 nitrogen and oxygen atoms in total. The van der Waals surface area contributed by atoms with Crippen LogP contribution in [0.5, 0.6) is 0 Å². The van der Waals surface area contributed by atoms with Gasteiger partial charge in [-0.3, -0.25) is 0 Å². The molecule has 86 valence electrons. The summed E-state index contributed by atoms with van der Waals surface area (Å²) in [6, 6.07) is 0. The third-order valence-corrected chi connectivity index (χ3v) is 2.45. The van der Waals surface area contributed by atoms with E-state index in [1.807, 2.05) is 12.2 Å². The first kappa shape index (κ1) is 14.2. The summed E-state index contributed by atoms with van der Waals surface area (Å²) in [7, 11) is 0. The molecule has 0 saturated heterocycles. The van der Waals surface area contributed by atoms with Gasteiger partial charge in [-0.05, 0) is 44.4 Å². The molecule has 15 heavy (non-hydrogen) atoms. The van der Waals surface area contributed by atoms with Crippen LogP contribution in [0.15, 0.2) is 37.0 Å². The zero-order valence-electron chi connectivity index (χ0n) is 10.5. The lowest BCUT2D eigenvalue weighted by atomic mass is 10.00. The Morgan fingerprint density at radius 2 is 1.73 bits per heavy atom. The van der Waals surface area contributed by atoms with E-state index in [1.54, 1.807) is 5.57 Å². The van der Waals surface area contributed by atoms with E-state index >= 15 is 0 Å². The lowest BCUT2D eigenvalue weighted by Gasteiger charge is -2.07. The second-order valence-corrected chi connectivity index (χ2v) is 4.50. The maximum absolute atomic E-state index is 3.78. The Labute approximate surface area is 95.8 Å². The molecule has 0 aliphatic carbocycles. The third kappa shape index (κ3) is 9.52. The van der Waals surface area contributed by atoms with Gasteiger partial charge in [0.25, 0.3) is 0 Å². The lowest BCUT2D eigenvalue weighted by molar-refractivity contribution is 0.653. The van der Waals surface area contributed by atoms with Crippen LogP contribution >= 0.6 is 0 Å². The van der Waals surface area contributed by atoms with E-state index < -0.39 is 0 Å². The Kier molecular flexibility index (Phi) is 9.26. The molecule has 0 aliphatic heterocycles. The quantitative estimate of drug-likeness (QED) is 0.355. The maximum atomic E-state index is 3.78. The second kappa shape index (κ2) is 9.76. The van der Waals surface area contributed by atoms with E-state index in [0.29, 0.717) is 0 Å². The molecule has 0 amide bonds. The van der Waals surface area contributed by atoms with Gasteiger partial charge in [0.05, 0.1) is 0 Å². The smallest absolute Gasteiger partial charge is 0.0286 e. The van der Waals surface area contributed by atoms with Gasteiger partial charge in [0.1, 0.15) is 0 Å². The van der Waals surface area contributed by atoms with Crippen LogP contribution in [0.1, 0.15) is 52.4 Å². The van der Waals surface area contributed by atoms with Crippen molar-refractivity contribution >= 4 is 0 Å². The molecule has 0 rings (SSSR count). The molecular weight excluding hydrogens is 180 g/mol. The number of rotatable bonds is 9. The van der Waals surface area contributed by atoms with Gasteiger partial charge in [-0.25, -0.2) is 0 Å². The molecule has 0 aromatic carbocycles. The lowest BCUT2D eigenvalue weighted by Crippen LogP contribution is -1.88. The van der Waals surface area contributed by atoms with Crippen molar-refractivity contribution in [1.29, 1.82) is 0 Å². The van der Waals surface area contributed by atoms with Gasteiger partial charge in [-0.2, -0.15) is 0 Å². The number of hydrogen-bond acceptors (Lipinski definition) is 0. The highest BCUT2D eigenvalue weighted by Crippen LogP contribution is 2.16. The molecule has 0 bridgehead atoms. The summed E-state index contributed by atoms with van der Waals surface area (Å²) in [5.74, 6) is 0.767. The Morgan fingerprint density at radius 1 is 1.07 bits per heavy atom. The monoisotopic (exact) mass is 206 g/mol. The Bertz CT molecular complexity index is 196. The molecule has 0 aliphatic rings. The van der Waals surface area contributed by atoms with Crippen molar-refractivity contribution in [3.05, 3.63) is 37.0 Å². The van der Waals surface area contributed by atoms with Crippen LogP contribution in [0, 0.1) is 5.92 Å². The molecule has 0 atom stereocenters. The standard InChI is InChI=1S/C15H26/c1-5-7-9-11-15(10-8-6-2)13-12-14(3)4/h5-6,13-14H,1-2,7-12H2,3-4H3. The summed E-state index contributed by atoms with van der Waals surface area (Å²) in [6.07, 6.45) is 13.6. The van der Waals surface area contributed by atoms with E-state index in [9.17, 15) is 0 Å². The molecule has 0 fully saturated rings. The SMILES string of the molecule is C=CCCCC(=CCC(C)C)CCC=C. The van der Waals surface area contributed by atoms with Crippen molar-refractivity contribution in [2.45, 2.75) is 52.4 Å². The Morgan fingerprint density at radius 3 is 2.27 bits per heavy atom. The van der Waals surface area contributed by atoms with Gasteiger partial charge in [-0.15, -0.1) is 13.2 Å².